The van der Waals surface area contributed by atoms with Gasteiger partial charge in [0.2, 0.25) is 0 Å². The molecule has 2 aromatic carbocycles. The van der Waals surface area contributed by atoms with Crippen molar-refractivity contribution < 1.29 is 17.6 Å². The number of alkyl halides is 3. The van der Waals surface area contributed by atoms with Crippen LogP contribution in [0.5, 0.6) is 0 Å². The van der Waals surface area contributed by atoms with E-state index in [9.17, 15) is 17.6 Å². The van der Waals surface area contributed by atoms with Crippen LogP contribution in [0.15, 0.2) is 36.4 Å². The molecule has 2 N–H and O–H groups in total. The van der Waals surface area contributed by atoms with E-state index >= 15 is 0 Å². The molecular formula is C14H8Cl2F4N2S. The van der Waals surface area contributed by atoms with Crippen LogP contribution in [0.1, 0.15) is 5.56 Å². The minimum absolute atomic E-state index is 0.0578. The minimum atomic E-state index is -4.62. The van der Waals surface area contributed by atoms with Crippen LogP contribution in [0.4, 0.5) is 28.9 Å². The lowest BCUT2D eigenvalue weighted by molar-refractivity contribution is -0.136. The van der Waals surface area contributed by atoms with Gasteiger partial charge in [0.15, 0.2) is 10.9 Å². The maximum absolute atomic E-state index is 13.7. The largest absolute Gasteiger partial charge is 0.418 e. The van der Waals surface area contributed by atoms with Gasteiger partial charge in [-0.2, -0.15) is 13.2 Å². The van der Waals surface area contributed by atoms with E-state index in [1.807, 2.05) is 0 Å². The molecule has 0 atom stereocenters. The smallest absolute Gasteiger partial charge is 0.332 e. The number of hydrogen-bond acceptors (Lipinski definition) is 1. The van der Waals surface area contributed by atoms with Gasteiger partial charge in [0.25, 0.3) is 0 Å². The number of benzene rings is 2. The topological polar surface area (TPSA) is 24.1 Å². The third-order valence-electron chi connectivity index (χ3n) is 2.74. The van der Waals surface area contributed by atoms with Crippen LogP contribution >= 0.6 is 35.4 Å². The second-order valence-electron chi connectivity index (χ2n) is 4.37. The van der Waals surface area contributed by atoms with E-state index in [2.05, 4.69) is 10.6 Å². The molecule has 0 aliphatic carbocycles. The zero-order valence-electron chi connectivity index (χ0n) is 11.1. The first kappa shape index (κ1) is 17.8. The molecule has 9 heteroatoms. The Morgan fingerprint density at radius 2 is 1.65 bits per heavy atom. The van der Waals surface area contributed by atoms with Crippen molar-refractivity contribution in [2.45, 2.75) is 6.18 Å². The molecule has 0 heterocycles. The Kier molecular flexibility index (Phi) is 5.33. The Morgan fingerprint density at radius 3 is 2.30 bits per heavy atom. The summed E-state index contributed by atoms with van der Waals surface area (Å²) in [6.45, 7) is 0. The van der Waals surface area contributed by atoms with Crippen molar-refractivity contribution in [3.8, 4) is 0 Å². The summed E-state index contributed by atoms with van der Waals surface area (Å²) >= 11 is 16.1. The van der Waals surface area contributed by atoms with E-state index in [1.54, 1.807) is 0 Å². The molecule has 0 aliphatic heterocycles. The highest BCUT2D eigenvalue weighted by Gasteiger charge is 2.34. The van der Waals surface area contributed by atoms with Crippen molar-refractivity contribution in [2.24, 2.45) is 0 Å². The molecule has 0 saturated heterocycles. The fraction of sp³-hybridized carbons (Fsp3) is 0.0714. The molecule has 2 nitrogen and oxygen atoms in total. The van der Waals surface area contributed by atoms with Crippen LogP contribution in [0, 0.1) is 5.82 Å². The molecule has 122 valence electrons. The standard InChI is InChI=1S/C14H8Cl2F4N2S/c15-7-4-5-10(8(6-7)14(18,19)20)21-13(23)22-11-3-1-2-9(16)12(11)17/h1-6H,(H2,21,22,23). The van der Waals surface area contributed by atoms with Crippen molar-refractivity contribution in [2.75, 3.05) is 10.6 Å². The molecule has 0 aliphatic rings. The van der Waals surface area contributed by atoms with Crippen LogP contribution in [0.3, 0.4) is 0 Å². The molecule has 0 radical (unpaired) electrons. The molecule has 0 spiro atoms. The van der Waals surface area contributed by atoms with E-state index in [1.165, 1.54) is 24.3 Å². The van der Waals surface area contributed by atoms with Gasteiger partial charge in [-0.1, -0.05) is 29.3 Å². The Hall–Kier alpha value is -1.57. The van der Waals surface area contributed by atoms with Gasteiger partial charge in [0.1, 0.15) is 0 Å². The summed E-state index contributed by atoms with van der Waals surface area (Å²) in [5.74, 6) is -0.759. The first-order chi connectivity index (χ1) is 10.7. The highest BCUT2D eigenvalue weighted by atomic mass is 35.5. The van der Waals surface area contributed by atoms with Crippen LogP contribution in [0.25, 0.3) is 0 Å². The second kappa shape index (κ2) is 6.90. The molecule has 0 fully saturated rings. The summed E-state index contributed by atoms with van der Waals surface area (Å²) in [5.41, 5.74) is -1.35. The van der Waals surface area contributed by atoms with Crippen molar-refractivity contribution in [1.29, 1.82) is 0 Å². The fourth-order valence-corrected chi connectivity index (χ4v) is 2.30. The van der Waals surface area contributed by atoms with Gasteiger partial charge in [-0.05, 0) is 42.5 Å². The van der Waals surface area contributed by atoms with Crippen molar-refractivity contribution >= 4 is 51.9 Å². The zero-order valence-corrected chi connectivity index (χ0v) is 13.5. The SMILES string of the molecule is Fc1c(Cl)cccc1NC(=S)Nc1ccc(Cl)cc1C(F)(F)F. The Balaban J connectivity index is 2.23. The summed E-state index contributed by atoms with van der Waals surface area (Å²) in [6, 6.07) is 7.34. The summed E-state index contributed by atoms with van der Waals surface area (Å²) in [7, 11) is 0. The number of anilines is 2. The van der Waals surface area contributed by atoms with Gasteiger partial charge < -0.3 is 10.6 Å². The Labute approximate surface area is 144 Å². The lowest BCUT2D eigenvalue weighted by atomic mass is 10.1. The number of thiocarbonyl (C=S) groups is 1. The highest BCUT2D eigenvalue weighted by Crippen LogP contribution is 2.36. The van der Waals surface area contributed by atoms with Crippen molar-refractivity contribution in [3.05, 3.63) is 57.8 Å². The Morgan fingerprint density at radius 1 is 1.00 bits per heavy atom. The molecule has 2 rings (SSSR count). The molecule has 0 amide bonds. The lowest BCUT2D eigenvalue weighted by Crippen LogP contribution is -2.22. The van der Waals surface area contributed by atoms with E-state index in [0.717, 1.165) is 12.1 Å². The maximum Gasteiger partial charge on any atom is 0.418 e. The van der Waals surface area contributed by atoms with E-state index in [-0.39, 0.29) is 26.5 Å². The quantitative estimate of drug-likeness (QED) is 0.494. The van der Waals surface area contributed by atoms with E-state index < -0.39 is 17.6 Å². The summed E-state index contributed by atoms with van der Waals surface area (Å²) in [6.07, 6.45) is -4.62. The summed E-state index contributed by atoms with van der Waals surface area (Å²) in [5, 5.41) is 4.40. The Bertz CT molecular complexity index is 750. The molecular weight excluding hydrogens is 375 g/mol. The average molecular weight is 383 g/mol. The number of halogens is 6. The van der Waals surface area contributed by atoms with E-state index in [4.69, 9.17) is 35.4 Å². The van der Waals surface area contributed by atoms with Gasteiger partial charge in [0.05, 0.1) is 22.0 Å². The van der Waals surface area contributed by atoms with Gasteiger partial charge >= 0.3 is 6.18 Å². The first-order valence-electron chi connectivity index (χ1n) is 6.07. The minimum Gasteiger partial charge on any atom is -0.332 e. The number of hydrogen-bond donors (Lipinski definition) is 2. The van der Waals surface area contributed by atoms with Crippen molar-refractivity contribution in [1.82, 2.24) is 0 Å². The summed E-state index contributed by atoms with van der Waals surface area (Å²) in [4.78, 5) is 0. The predicted molar refractivity (Wildman–Crippen MR) is 87.7 cm³/mol. The van der Waals surface area contributed by atoms with Crippen LogP contribution in [-0.2, 0) is 6.18 Å². The van der Waals surface area contributed by atoms with Crippen LogP contribution in [0.2, 0.25) is 10.0 Å². The number of rotatable bonds is 2. The fourth-order valence-electron chi connectivity index (χ4n) is 1.74. The second-order valence-corrected chi connectivity index (χ2v) is 5.62. The molecule has 0 unspecified atom stereocenters. The zero-order chi connectivity index (χ0) is 17.2. The van der Waals surface area contributed by atoms with Crippen LogP contribution in [-0.4, -0.2) is 5.11 Å². The normalized spacial score (nSPS) is 11.2. The first-order valence-corrected chi connectivity index (χ1v) is 7.23. The molecule has 0 saturated carbocycles. The van der Waals surface area contributed by atoms with Gasteiger partial charge in [-0.3, -0.25) is 0 Å². The third kappa shape index (κ3) is 4.46. The van der Waals surface area contributed by atoms with Gasteiger partial charge in [-0.25, -0.2) is 4.39 Å². The van der Waals surface area contributed by atoms with Crippen LogP contribution < -0.4 is 10.6 Å². The molecule has 0 bridgehead atoms. The predicted octanol–water partition coefficient (Wildman–Crippen LogP) is 5.96. The highest BCUT2D eigenvalue weighted by molar-refractivity contribution is 7.80. The monoisotopic (exact) mass is 382 g/mol. The van der Waals surface area contributed by atoms with E-state index in [0.29, 0.717) is 0 Å². The maximum atomic E-state index is 13.7. The number of nitrogens with one attached hydrogen (secondary N) is 2. The summed E-state index contributed by atoms with van der Waals surface area (Å²) < 4.78 is 52.7. The van der Waals surface area contributed by atoms with Crippen molar-refractivity contribution in [3.63, 3.8) is 0 Å². The third-order valence-corrected chi connectivity index (χ3v) is 3.47. The molecule has 2 aromatic rings. The van der Waals surface area contributed by atoms with Gasteiger partial charge in [-0.15, -0.1) is 0 Å². The molecule has 0 aromatic heterocycles. The molecule has 23 heavy (non-hydrogen) atoms. The van der Waals surface area contributed by atoms with Gasteiger partial charge in [0, 0.05) is 5.02 Å². The lowest BCUT2D eigenvalue weighted by Gasteiger charge is -2.16. The average Bonchev–Trinajstić information content (AvgIpc) is 2.45.